The van der Waals surface area contributed by atoms with E-state index in [9.17, 15) is 0 Å². The van der Waals surface area contributed by atoms with Crippen LogP contribution in [0.3, 0.4) is 0 Å². The summed E-state index contributed by atoms with van der Waals surface area (Å²) in [5, 5.41) is 0. The summed E-state index contributed by atoms with van der Waals surface area (Å²) in [6.45, 7) is 6.70. The molecule has 0 bridgehead atoms. The Labute approximate surface area is 104 Å². The van der Waals surface area contributed by atoms with Gasteiger partial charge in [-0.1, -0.05) is 12.1 Å². The molecule has 0 saturated heterocycles. The summed E-state index contributed by atoms with van der Waals surface area (Å²) in [4.78, 5) is 0. The Morgan fingerprint density at radius 3 is 2.65 bits per heavy atom. The fourth-order valence-corrected chi connectivity index (χ4v) is 1.66. The van der Waals surface area contributed by atoms with E-state index < -0.39 is 0 Å². The van der Waals surface area contributed by atoms with Crippen molar-refractivity contribution in [1.29, 1.82) is 0 Å². The fraction of sp³-hybridized carbons (Fsp3) is 0.571. The second kappa shape index (κ2) is 6.03. The summed E-state index contributed by atoms with van der Waals surface area (Å²) in [6.07, 6.45) is 0.961. The van der Waals surface area contributed by atoms with Crippen molar-refractivity contribution < 1.29 is 9.47 Å². The molecule has 0 aromatic heterocycles. The van der Waals surface area contributed by atoms with E-state index in [2.05, 4.69) is 0 Å². The van der Waals surface area contributed by atoms with Crippen LogP contribution in [0.25, 0.3) is 0 Å². The van der Waals surface area contributed by atoms with Crippen molar-refractivity contribution in [3.8, 4) is 5.75 Å². The zero-order valence-electron chi connectivity index (χ0n) is 11.2. The normalized spacial score (nSPS) is 14.7. The molecule has 0 radical (unpaired) electrons. The first-order chi connectivity index (χ1) is 7.95. The van der Waals surface area contributed by atoms with Crippen LogP contribution in [0.15, 0.2) is 24.3 Å². The quantitative estimate of drug-likeness (QED) is 0.827. The van der Waals surface area contributed by atoms with E-state index >= 15 is 0 Å². The summed E-state index contributed by atoms with van der Waals surface area (Å²) < 4.78 is 10.8. The van der Waals surface area contributed by atoms with Crippen molar-refractivity contribution in [3.63, 3.8) is 0 Å². The highest BCUT2D eigenvalue weighted by molar-refractivity contribution is 5.33. The van der Waals surface area contributed by atoms with Crippen LogP contribution < -0.4 is 10.5 Å². The number of hydrogen-bond acceptors (Lipinski definition) is 3. The molecule has 0 spiro atoms. The maximum absolute atomic E-state index is 6.29. The van der Waals surface area contributed by atoms with Crippen LogP contribution in [0.5, 0.6) is 5.75 Å². The van der Waals surface area contributed by atoms with Crippen LogP contribution in [0.2, 0.25) is 0 Å². The highest BCUT2D eigenvalue weighted by Crippen LogP contribution is 2.25. The summed E-state index contributed by atoms with van der Waals surface area (Å²) in [7, 11) is 1.69. The molecule has 0 fully saturated rings. The molecular formula is C14H23NO2. The first-order valence-electron chi connectivity index (χ1n) is 6.01. The molecule has 1 rings (SSSR count). The van der Waals surface area contributed by atoms with E-state index in [1.807, 2.05) is 45.0 Å². The van der Waals surface area contributed by atoms with Crippen LogP contribution in [-0.4, -0.2) is 19.8 Å². The first-order valence-corrected chi connectivity index (χ1v) is 6.01. The van der Waals surface area contributed by atoms with Crippen LogP contribution >= 0.6 is 0 Å². The van der Waals surface area contributed by atoms with Crippen molar-refractivity contribution in [2.75, 3.05) is 13.7 Å². The Kier molecular flexibility index (Phi) is 4.97. The molecule has 17 heavy (non-hydrogen) atoms. The zero-order chi connectivity index (χ0) is 12.9. The third-order valence-electron chi connectivity index (χ3n) is 2.69. The van der Waals surface area contributed by atoms with Crippen LogP contribution in [0.4, 0.5) is 0 Å². The highest BCUT2D eigenvalue weighted by Gasteiger charge is 2.21. The molecule has 0 aliphatic carbocycles. The smallest absolute Gasteiger partial charge is 0.120 e. The molecule has 0 saturated carbocycles. The number of rotatable bonds is 6. The predicted molar refractivity (Wildman–Crippen MR) is 70.2 cm³/mol. The topological polar surface area (TPSA) is 44.5 Å². The number of ether oxygens (including phenoxy) is 2. The van der Waals surface area contributed by atoms with Crippen LogP contribution in [0.1, 0.15) is 32.8 Å². The largest absolute Gasteiger partial charge is 0.491 e. The Morgan fingerprint density at radius 1 is 1.35 bits per heavy atom. The monoisotopic (exact) mass is 237 g/mol. The lowest BCUT2D eigenvalue weighted by Crippen LogP contribution is -2.34. The van der Waals surface area contributed by atoms with Gasteiger partial charge in [-0.2, -0.15) is 0 Å². The molecule has 0 aliphatic rings. The molecular weight excluding hydrogens is 214 g/mol. The van der Waals surface area contributed by atoms with Gasteiger partial charge >= 0.3 is 0 Å². The Balaban J connectivity index is 2.82. The summed E-state index contributed by atoms with van der Waals surface area (Å²) in [6, 6.07) is 7.97. The Morgan fingerprint density at radius 2 is 2.06 bits per heavy atom. The summed E-state index contributed by atoms with van der Waals surface area (Å²) in [5.41, 5.74) is 6.98. The SMILES string of the molecule is COCCC(C)(N)c1cccc(OC(C)C)c1. The molecule has 3 heteroatoms. The average Bonchev–Trinajstić information content (AvgIpc) is 2.26. The lowest BCUT2D eigenvalue weighted by molar-refractivity contribution is 0.171. The fourth-order valence-electron chi connectivity index (χ4n) is 1.66. The van der Waals surface area contributed by atoms with Crippen molar-refractivity contribution in [2.45, 2.75) is 38.8 Å². The van der Waals surface area contributed by atoms with Gasteiger partial charge in [-0.25, -0.2) is 0 Å². The van der Waals surface area contributed by atoms with E-state index in [4.69, 9.17) is 15.2 Å². The highest BCUT2D eigenvalue weighted by atomic mass is 16.5. The minimum absolute atomic E-state index is 0.174. The minimum atomic E-state index is -0.383. The van der Waals surface area contributed by atoms with E-state index in [0.717, 1.165) is 17.7 Å². The van der Waals surface area contributed by atoms with Gasteiger partial charge in [0.2, 0.25) is 0 Å². The van der Waals surface area contributed by atoms with E-state index in [1.54, 1.807) is 7.11 Å². The molecule has 1 atom stereocenters. The van der Waals surface area contributed by atoms with Gasteiger partial charge in [-0.3, -0.25) is 0 Å². The first kappa shape index (κ1) is 14.0. The summed E-state index contributed by atoms with van der Waals surface area (Å²) in [5.74, 6) is 0.867. The third-order valence-corrected chi connectivity index (χ3v) is 2.69. The summed E-state index contributed by atoms with van der Waals surface area (Å²) >= 11 is 0. The van der Waals surface area contributed by atoms with E-state index in [-0.39, 0.29) is 11.6 Å². The number of methoxy groups -OCH3 is 1. The van der Waals surface area contributed by atoms with Gasteiger partial charge < -0.3 is 15.2 Å². The van der Waals surface area contributed by atoms with Crippen molar-refractivity contribution in [1.82, 2.24) is 0 Å². The van der Waals surface area contributed by atoms with Gasteiger partial charge in [-0.15, -0.1) is 0 Å². The molecule has 2 N–H and O–H groups in total. The molecule has 0 heterocycles. The third kappa shape index (κ3) is 4.36. The Hall–Kier alpha value is -1.06. The second-order valence-electron chi connectivity index (χ2n) is 4.85. The van der Waals surface area contributed by atoms with Gasteiger partial charge in [0.25, 0.3) is 0 Å². The lowest BCUT2D eigenvalue weighted by Gasteiger charge is -2.25. The molecule has 96 valence electrons. The van der Waals surface area contributed by atoms with Gasteiger partial charge in [0.1, 0.15) is 5.75 Å². The maximum atomic E-state index is 6.29. The molecule has 1 aromatic carbocycles. The number of benzene rings is 1. The molecule has 0 aliphatic heterocycles. The predicted octanol–water partition coefficient (Wildman–Crippen LogP) is 2.68. The van der Waals surface area contributed by atoms with Gasteiger partial charge in [0.05, 0.1) is 6.10 Å². The lowest BCUT2D eigenvalue weighted by atomic mass is 9.90. The number of nitrogens with two attached hydrogens (primary N) is 1. The molecule has 1 unspecified atom stereocenters. The second-order valence-corrected chi connectivity index (χ2v) is 4.85. The van der Waals surface area contributed by atoms with Gasteiger partial charge in [0.15, 0.2) is 0 Å². The van der Waals surface area contributed by atoms with Crippen molar-refractivity contribution in [3.05, 3.63) is 29.8 Å². The van der Waals surface area contributed by atoms with Crippen LogP contribution in [-0.2, 0) is 10.3 Å². The number of hydrogen-bond donors (Lipinski definition) is 1. The average molecular weight is 237 g/mol. The van der Waals surface area contributed by atoms with E-state index in [1.165, 1.54) is 0 Å². The van der Waals surface area contributed by atoms with Gasteiger partial charge in [-0.05, 0) is 44.9 Å². The van der Waals surface area contributed by atoms with Crippen LogP contribution in [0, 0.1) is 0 Å². The van der Waals surface area contributed by atoms with Crippen molar-refractivity contribution >= 4 is 0 Å². The minimum Gasteiger partial charge on any atom is -0.491 e. The van der Waals surface area contributed by atoms with Gasteiger partial charge in [0, 0.05) is 19.3 Å². The zero-order valence-corrected chi connectivity index (χ0v) is 11.2. The molecule has 1 aromatic rings. The molecule has 3 nitrogen and oxygen atoms in total. The van der Waals surface area contributed by atoms with Crippen molar-refractivity contribution in [2.24, 2.45) is 5.73 Å². The maximum Gasteiger partial charge on any atom is 0.120 e. The van der Waals surface area contributed by atoms with E-state index in [0.29, 0.717) is 6.61 Å². The Bertz CT molecular complexity index is 348. The molecule has 0 amide bonds. The standard InChI is InChI=1S/C14H23NO2/c1-11(2)17-13-7-5-6-12(10-13)14(3,15)8-9-16-4/h5-7,10-11H,8-9,15H2,1-4H3.